The third kappa shape index (κ3) is 2.40. The Labute approximate surface area is 96.5 Å². The third-order valence-electron chi connectivity index (χ3n) is 3.18. The lowest BCUT2D eigenvalue weighted by molar-refractivity contribution is -0.131. The molecule has 1 aromatic rings. The van der Waals surface area contributed by atoms with Gasteiger partial charge in [0.25, 0.3) is 0 Å². The Morgan fingerprint density at radius 3 is 2.94 bits per heavy atom. The van der Waals surface area contributed by atoms with E-state index in [1.807, 2.05) is 30.2 Å². The summed E-state index contributed by atoms with van der Waals surface area (Å²) in [5, 5.41) is 0. The highest BCUT2D eigenvalue weighted by Crippen LogP contribution is 2.17. The highest BCUT2D eigenvalue weighted by atomic mass is 16.2. The van der Waals surface area contributed by atoms with Crippen LogP contribution < -0.4 is 0 Å². The van der Waals surface area contributed by atoms with Gasteiger partial charge >= 0.3 is 0 Å². The minimum absolute atomic E-state index is 0.210. The van der Waals surface area contributed by atoms with Crippen molar-refractivity contribution in [2.24, 2.45) is 0 Å². The van der Waals surface area contributed by atoms with E-state index < -0.39 is 0 Å². The third-order valence-corrected chi connectivity index (χ3v) is 3.18. The minimum Gasteiger partial charge on any atom is -0.340 e. The zero-order chi connectivity index (χ0) is 11.5. The number of carbonyl (C=O) groups is 1. The fourth-order valence-electron chi connectivity index (χ4n) is 2.16. The lowest BCUT2D eigenvalue weighted by Crippen LogP contribution is -2.34. The molecule has 1 amide bonds. The summed E-state index contributed by atoms with van der Waals surface area (Å²) in [6, 6.07) is 4.34. The molecule has 0 aromatic carbocycles. The quantitative estimate of drug-likeness (QED) is 0.760. The van der Waals surface area contributed by atoms with Crippen LogP contribution in [0.25, 0.3) is 0 Å². The molecule has 0 saturated carbocycles. The molecule has 3 heteroatoms. The van der Waals surface area contributed by atoms with Crippen LogP contribution in [0, 0.1) is 6.92 Å². The smallest absolute Gasteiger partial charge is 0.228 e. The number of aryl methyl sites for hydroxylation is 1. The van der Waals surface area contributed by atoms with Crippen LogP contribution in [-0.2, 0) is 11.2 Å². The molecule has 1 atom stereocenters. The summed E-state index contributed by atoms with van der Waals surface area (Å²) in [6.45, 7) is 5.03. The van der Waals surface area contributed by atoms with Crippen molar-refractivity contribution in [2.45, 2.75) is 39.2 Å². The van der Waals surface area contributed by atoms with Crippen LogP contribution in [0.2, 0.25) is 0 Å². The molecule has 16 heavy (non-hydrogen) atoms. The molecule has 0 spiro atoms. The van der Waals surface area contributed by atoms with Crippen LogP contribution >= 0.6 is 0 Å². The molecule has 2 rings (SSSR count). The Hall–Kier alpha value is -1.38. The van der Waals surface area contributed by atoms with Gasteiger partial charge in [0.15, 0.2) is 0 Å². The first kappa shape index (κ1) is 11.1. The molecule has 1 unspecified atom stereocenters. The topological polar surface area (TPSA) is 33.2 Å². The summed E-state index contributed by atoms with van der Waals surface area (Å²) < 4.78 is 0. The summed E-state index contributed by atoms with van der Waals surface area (Å²) in [5.41, 5.74) is 2.00. The number of amides is 1. The number of rotatable bonds is 2. The Morgan fingerprint density at radius 1 is 1.56 bits per heavy atom. The van der Waals surface area contributed by atoms with Gasteiger partial charge in [0.1, 0.15) is 0 Å². The summed E-state index contributed by atoms with van der Waals surface area (Å²) >= 11 is 0. The number of hydrogen-bond donors (Lipinski definition) is 0. The van der Waals surface area contributed by atoms with Crippen LogP contribution in [0.1, 0.15) is 31.0 Å². The Bertz CT molecular complexity index is 372. The van der Waals surface area contributed by atoms with E-state index in [0.717, 1.165) is 30.6 Å². The predicted molar refractivity (Wildman–Crippen MR) is 63.1 cm³/mol. The van der Waals surface area contributed by atoms with Crippen molar-refractivity contribution >= 4 is 5.91 Å². The van der Waals surface area contributed by atoms with E-state index in [-0.39, 0.29) is 5.91 Å². The molecule has 1 saturated heterocycles. The van der Waals surface area contributed by atoms with Gasteiger partial charge in [-0.1, -0.05) is 6.07 Å². The number of hydrogen-bond acceptors (Lipinski definition) is 2. The first-order valence-electron chi connectivity index (χ1n) is 5.88. The van der Waals surface area contributed by atoms with Gasteiger partial charge < -0.3 is 4.90 Å². The Balaban J connectivity index is 1.99. The molecule has 86 valence electrons. The van der Waals surface area contributed by atoms with Gasteiger partial charge in [-0.2, -0.15) is 0 Å². The van der Waals surface area contributed by atoms with Gasteiger partial charge in [-0.05, 0) is 38.3 Å². The molecule has 1 aliphatic rings. The number of aromatic nitrogens is 1. The molecule has 1 aromatic heterocycles. The van der Waals surface area contributed by atoms with E-state index in [1.165, 1.54) is 0 Å². The van der Waals surface area contributed by atoms with E-state index in [1.54, 1.807) is 0 Å². The zero-order valence-corrected chi connectivity index (χ0v) is 9.94. The summed E-state index contributed by atoms with van der Waals surface area (Å²) in [7, 11) is 0. The molecule has 0 radical (unpaired) electrons. The van der Waals surface area contributed by atoms with Crippen molar-refractivity contribution in [2.75, 3.05) is 6.54 Å². The van der Waals surface area contributed by atoms with Gasteiger partial charge in [-0.15, -0.1) is 0 Å². The van der Waals surface area contributed by atoms with Gasteiger partial charge in [0.05, 0.1) is 6.42 Å². The summed E-state index contributed by atoms with van der Waals surface area (Å²) in [6.07, 6.45) is 4.52. The predicted octanol–water partition coefficient (Wildman–Crippen LogP) is 1.94. The molecule has 2 heterocycles. The van der Waals surface area contributed by atoms with E-state index >= 15 is 0 Å². The van der Waals surface area contributed by atoms with Gasteiger partial charge in [0, 0.05) is 24.5 Å². The second-order valence-electron chi connectivity index (χ2n) is 4.58. The van der Waals surface area contributed by atoms with E-state index in [4.69, 9.17) is 0 Å². The van der Waals surface area contributed by atoms with E-state index in [0.29, 0.717) is 12.5 Å². The largest absolute Gasteiger partial charge is 0.340 e. The molecule has 0 N–H and O–H groups in total. The highest BCUT2D eigenvalue weighted by Gasteiger charge is 2.24. The van der Waals surface area contributed by atoms with E-state index in [2.05, 4.69) is 11.9 Å². The molecular weight excluding hydrogens is 200 g/mol. The molecule has 0 aliphatic carbocycles. The maximum absolute atomic E-state index is 12.0. The lowest BCUT2D eigenvalue weighted by Gasteiger charge is -2.21. The minimum atomic E-state index is 0.210. The van der Waals surface area contributed by atoms with Gasteiger partial charge in [-0.25, -0.2) is 0 Å². The van der Waals surface area contributed by atoms with Crippen molar-refractivity contribution < 1.29 is 4.79 Å². The lowest BCUT2D eigenvalue weighted by atomic mass is 10.2. The van der Waals surface area contributed by atoms with Crippen LogP contribution in [0.15, 0.2) is 18.3 Å². The van der Waals surface area contributed by atoms with Crippen molar-refractivity contribution in [3.8, 4) is 0 Å². The van der Waals surface area contributed by atoms with Crippen LogP contribution in [0.3, 0.4) is 0 Å². The highest BCUT2D eigenvalue weighted by molar-refractivity contribution is 5.78. The standard InChI is InChI=1S/C13H18N2O/c1-10-5-6-12(14-9-10)8-13(16)15-7-3-4-11(15)2/h5-6,9,11H,3-4,7-8H2,1-2H3. The van der Waals surface area contributed by atoms with Gasteiger partial charge in [-0.3, -0.25) is 9.78 Å². The normalized spacial score (nSPS) is 20.1. The van der Waals surface area contributed by atoms with Crippen molar-refractivity contribution in [3.63, 3.8) is 0 Å². The SMILES string of the molecule is Cc1ccc(CC(=O)N2CCCC2C)nc1. The molecule has 3 nitrogen and oxygen atoms in total. The van der Waals surface area contributed by atoms with Crippen molar-refractivity contribution in [1.82, 2.24) is 9.88 Å². The fourth-order valence-corrected chi connectivity index (χ4v) is 2.16. The maximum Gasteiger partial charge on any atom is 0.228 e. The Morgan fingerprint density at radius 2 is 2.38 bits per heavy atom. The number of likely N-dealkylation sites (tertiary alicyclic amines) is 1. The van der Waals surface area contributed by atoms with E-state index in [9.17, 15) is 4.79 Å². The van der Waals surface area contributed by atoms with Gasteiger partial charge in [0.2, 0.25) is 5.91 Å². The monoisotopic (exact) mass is 218 g/mol. The maximum atomic E-state index is 12.0. The Kier molecular flexibility index (Phi) is 3.22. The van der Waals surface area contributed by atoms with Crippen LogP contribution in [-0.4, -0.2) is 28.4 Å². The first-order valence-corrected chi connectivity index (χ1v) is 5.88. The fraction of sp³-hybridized carbons (Fsp3) is 0.538. The molecular formula is C13H18N2O. The first-order chi connectivity index (χ1) is 7.66. The second kappa shape index (κ2) is 4.64. The zero-order valence-electron chi connectivity index (χ0n) is 9.94. The number of carbonyl (C=O) groups excluding carboxylic acids is 1. The molecule has 0 bridgehead atoms. The van der Waals surface area contributed by atoms with Crippen molar-refractivity contribution in [1.29, 1.82) is 0 Å². The summed E-state index contributed by atoms with van der Waals surface area (Å²) in [5.74, 6) is 0.210. The second-order valence-corrected chi connectivity index (χ2v) is 4.58. The molecule has 1 aliphatic heterocycles. The number of pyridine rings is 1. The van der Waals surface area contributed by atoms with Crippen LogP contribution in [0.4, 0.5) is 0 Å². The average molecular weight is 218 g/mol. The summed E-state index contributed by atoms with van der Waals surface area (Å²) in [4.78, 5) is 18.2. The average Bonchev–Trinajstić information content (AvgIpc) is 2.68. The number of nitrogens with zero attached hydrogens (tertiary/aromatic N) is 2. The molecule has 1 fully saturated rings. The van der Waals surface area contributed by atoms with Crippen LogP contribution in [0.5, 0.6) is 0 Å². The van der Waals surface area contributed by atoms with Crippen molar-refractivity contribution in [3.05, 3.63) is 29.6 Å².